The van der Waals surface area contributed by atoms with Gasteiger partial charge < -0.3 is 15.4 Å². The molecule has 21 heavy (non-hydrogen) atoms. The predicted octanol–water partition coefficient (Wildman–Crippen LogP) is 1.79. The molecule has 0 saturated heterocycles. The number of nitro benzene ring substituents is 1. The maximum absolute atomic E-state index is 11.9. The molecule has 1 aromatic carbocycles. The van der Waals surface area contributed by atoms with Gasteiger partial charge in [0.2, 0.25) is 0 Å². The van der Waals surface area contributed by atoms with Crippen LogP contribution in [0.2, 0.25) is 0 Å². The average Bonchev–Trinajstić information content (AvgIpc) is 3.30. The van der Waals surface area contributed by atoms with Crippen LogP contribution in [0.5, 0.6) is 0 Å². The molecule has 7 heteroatoms. The molecule has 1 saturated carbocycles. The van der Waals surface area contributed by atoms with E-state index in [9.17, 15) is 14.9 Å². The van der Waals surface area contributed by atoms with Gasteiger partial charge in [0.25, 0.3) is 11.6 Å². The number of carbonyl (C=O) groups is 1. The average molecular weight is 293 g/mol. The number of hydrogen-bond acceptors (Lipinski definition) is 5. The highest BCUT2D eigenvalue weighted by Crippen LogP contribution is 2.28. The van der Waals surface area contributed by atoms with Crippen molar-refractivity contribution in [2.75, 3.05) is 32.1 Å². The lowest BCUT2D eigenvalue weighted by Gasteiger charge is -2.08. The van der Waals surface area contributed by atoms with Crippen molar-refractivity contribution >= 4 is 17.3 Å². The van der Waals surface area contributed by atoms with Crippen molar-refractivity contribution in [2.45, 2.75) is 12.8 Å². The van der Waals surface area contributed by atoms with Crippen molar-refractivity contribution in [3.05, 3.63) is 33.9 Å². The summed E-state index contributed by atoms with van der Waals surface area (Å²) in [6, 6.07) is 4.24. The van der Waals surface area contributed by atoms with Crippen molar-refractivity contribution in [3.8, 4) is 0 Å². The minimum atomic E-state index is -0.487. The lowest BCUT2D eigenvalue weighted by atomic mass is 10.1. The maximum Gasteiger partial charge on any atom is 0.292 e. The van der Waals surface area contributed by atoms with Crippen LogP contribution in [0.25, 0.3) is 0 Å². The van der Waals surface area contributed by atoms with Gasteiger partial charge >= 0.3 is 0 Å². The van der Waals surface area contributed by atoms with E-state index >= 15 is 0 Å². The van der Waals surface area contributed by atoms with Crippen molar-refractivity contribution in [1.29, 1.82) is 0 Å². The third-order valence-corrected chi connectivity index (χ3v) is 3.31. The fourth-order valence-electron chi connectivity index (χ4n) is 1.91. The van der Waals surface area contributed by atoms with E-state index in [2.05, 4.69) is 10.6 Å². The van der Waals surface area contributed by atoms with Crippen LogP contribution in [0.3, 0.4) is 0 Å². The van der Waals surface area contributed by atoms with Crippen molar-refractivity contribution in [2.24, 2.45) is 5.92 Å². The summed E-state index contributed by atoms with van der Waals surface area (Å²) in [5.74, 6) is 0.435. The highest BCUT2D eigenvalue weighted by molar-refractivity contribution is 5.95. The molecule has 0 spiro atoms. The topological polar surface area (TPSA) is 93.5 Å². The number of carbonyl (C=O) groups excluding carboxylic acids is 1. The molecule has 0 unspecified atom stereocenters. The van der Waals surface area contributed by atoms with Crippen LogP contribution in [0.1, 0.15) is 23.2 Å². The Balaban J connectivity index is 1.84. The quantitative estimate of drug-likeness (QED) is 0.433. The molecule has 1 fully saturated rings. The van der Waals surface area contributed by atoms with Crippen LogP contribution >= 0.6 is 0 Å². The summed E-state index contributed by atoms with van der Waals surface area (Å²) in [6.07, 6.45) is 2.48. The molecule has 114 valence electrons. The zero-order valence-corrected chi connectivity index (χ0v) is 11.9. The van der Waals surface area contributed by atoms with Crippen molar-refractivity contribution in [1.82, 2.24) is 5.32 Å². The number of nitrogens with zero attached hydrogens (tertiary/aromatic N) is 1. The lowest BCUT2D eigenvalue weighted by molar-refractivity contribution is -0.383. The monoisotopic (exact) mass is 293 g/mol. The van der Waals surface area contributed by atoms with Gasteiger partial charge in [0.05, 0.1) is 11.5 Å². The fraction of sp³-hybridized carbons (Fsp3) is 0.500. The van der Waals surface area contributed by atoms with E-state index in [4.69, 9.17) is 4.74 Å². The molecule has 0 heterocycles. The Hall–Kier alpha value is -2.15. The molecule has 1 amide bonds. The number of hydrogen-bond donors (Lipinski definition) is 2. The molecule has 0 aromatic heterocycles. The summed E-state index contributed by atoms with van der Waals surface area (Å²) in [5, 5.41) is 16.3. The maximum atomic E-state index is 11.9. The molecule has 2 rings (SSSR count). The highest BCUT2D eigenvalue weighted by atomic mass is 16.6. The number of rotatable bonds is 8. The van der Waals surface area contributed by atoms with Crippen LogP contribution in [-0.4, -0.2) is 37.6 Å². The second-order valence-electron chi connectivity index (χ2n) is 5.01. The van der Waals surface area contributed by atoms with E-state index in [-0.39, 0.29) is 11.6 Å². The van der Waals surface area contributed by atoms with Gasteiger partial charge in [0.1, 0.15) is 5.69 Å². The van der Waals surface area contributed by atoms with Crippen LogP contribution in [-0.2, 0) is 4.74 Å². The Labute approximate surface area is 122 Å². The first-order chi connectivity index (χ1) is 10.1. The largest absolute Gasteiger partial charge is 0.383 e. The number of anilines is 1. The molecule has 0 aliphatic heterocycles. The third kappa shape index (κ3) is 4.42. The molecular weight excluding hydrogens is 274 g/mol. The third-order valence-electron chi connectivity index (χ3n) is 3.31. The first kappa shape index (κ1) is 15.2. The van der Waals surface area contributed by atoms with Crippen LogP contribution in [0.15, 0.2) is 18.2 Å². The summed E-state index contributed by atoms with van der Waals surface area (Å²) < 4.78 is 5.42. The highest BCUT2D eigenvalue weighted by Gasteiger charge is 2.21. The molecular formula is C14H19N3O4. The number of nitrogens with one attached hydrogen (secondary N) is 2. The van der Waals surface area contributed by atoms with Gasteiger partial charge in [0.15, 0.2) is 0 Å². The van der Waals surface area contributed by atoms with E-state index in [1.165, 1.54) is 31.0 Å². The Kier molecular flexibility index (Phi) is 5.10. The van der Waals surface area contributed by atoms with Crippen molar-refractivity contribution < 1.29 is 14.5 Å². The van der Waals surface area contributed by atoms with Gasteiger partial charge in [-0.1, -0.05) is 0 Å². The Morgan fingerprint density at radius 1 is 1.48 bits per heavy atom. The van der Waals surface area contributed by atoms with Crippen LogP contribution in [0, 0.1) is 16.0 Å². The normalized spacial score (nSPS) is 13.8. The second kappa shape index (κ2) is 7.03. The molecule has 2 N–H and O–H groups in total. The Morgan fingerprint density at radius 2 is 2.24 bits per heavy atom. The smallest absolute Gasteiger partial charge is 0.292 e. The first-order valence-electron chi connectivity index (χ1n) is 6.94. The first-order valence-corrected chi connectivity index (χ1v) is 6.94. The van der Waals surface area contributed by atoms with Gasteiger partial charge in [0, 0.05) is 31.8 Å². The summed E-state index contributed by atoms with van der Waals surface area (Å²) in [4.78, 5) is 22.3. The predicted molar refractivity (Wildman–Crippen MR) is 78.5 cm³/mol. The van der Waals surface area contributed by atoms with Gasteiger partial charge in [-0.05, 0) is 30.9 Å². The molecule has 0 radical (unpaired) electrons. The summed E-state index contributed by atoms with van der Waals surface area (Å²) in [7, 11) is 1.58. The number of nitro groups is 1. The van der Waals surface area contributed by atoms with E-state index in [0.717, 1.165) is 6.61 Å². The summed E-state index contributed by atoms with van der Waals surface area (Å²) in [5.41, 5.74) is 0.645. The Bertz CT molecular complexity index is 529. The summed E-state index contributed by atoms with van der Waals surface area (Å²) in [6.45, 7) is 1.67. The van der Waals surface area contributed by atoms with E-state index < -0.39 is 4.92 Å². The van der Waals surface area contributed by atoms with E-state index in [1.807, 2.05) is 0 Å². The van der Waals surface area contributed by atoms with Gasteiger partial charge in [-0.15, -0.1) is 0 Å². The fourth-order valence-corrected chi connectivity index (χ4v) is 1.91. The molecule has 1 aliphatic carbocycles. The molecule has 0 bridgehead atoms. The number of benzene rings is 1. The van der Waals surface area contributed by atoms with Gasteiger partial charge in [-0.2, -0.15) is 0 Å². The molecule has 7 nitrogen and oxygen atoms in total. The SMILES string of the molecule is CNc1cc(C(=O)NCCOCC2CC2)ccc1[N+](=O)[O-]. The number of amides is 1. The zero-order chi connectivity index (χ0) is 15.2. The molecule has 0 atom stereocenters. The van der Waals surface area contributed by atoms with E-state index in [1.54, 1.807) is 7.05 Å². The molecule has 1 aromatic rings. The zero-order valence-electron chi connectivity index (χ0n) is 11.9. The standard InChI is InChI=1S/C14H19N3O4/c1-15-12-8-11(4-5-13(12)17(19)20)14(18)16-6-7-21-9-10-2-3-10/h4-5,8,10,15H,2-3,6-7,9H2,1H3,(H,16,18). The Morgan fingerprint density at radius 3 is 2.86 bits per heavy atom. The van der Waals surface area contributed by atoms with Gasteiger partial charge in [-0.3, -0.25) is 14.9 Å². The minimum Gasteiger partial charge on any atom is -0.383 e. The van der Waals surface area contributed by atoms with Crippen molar-refractivity contribution in [3.63, 3.8) is 0 Å². The van der Waals surface area contributed by atoms with Crippen LogP contribution < -0.4 is 10.6 Å². The van der Waals surface area contributed by atoms with E-state index in [0.29, 0.717) is 30.3 Å². The van der Waals surface area contributed by atoms with Gasteiger partial charge in [-0.25, -0.2) is 0 Å². The summed E-state index contributed by atoms with van der Waals surface area (Å²) >= 11 is 0. The van der Waals surface area contributed by atoms with Crippen LogP contribution in [0.4, 0.5) is 11.4 Å². The lowest BCUT2D eigenvalue weighted by Crippen LogP contribution is -2.27. The minimum absolute atomic E-state index is 0.0539. The number of ether oxygens (including phenoxy) is 1. The second-order valence-corrected chi connectivity index (χ2v) is 5.01. The molecule has 1 aliphatic rings.